The van der Waals surface area contributed by atoms with Gasteiger partial charge in [-0.3, -0.25) is 9.48 Å². The maximum atomic E-state index is 11.9. The average Bonchev–Trinajstić information content (AvgIpc) is 2.64. The summed E-state index contributed by atoms with van der Waals surface area (Å²) in [6.07, 6.45) is 3.29. The Labute approximate surface area is 108 Å². The molecule has 0 aliphatic carbocycles. The molecule has 0 bridgehead atoms. The largest absolute Gasteiger partial charge is 0.393 e. The molecule has 0 radical (unpaired) electrons. The molecule has 5 nitrogen and oxygen atoms in total. The van der Waals surface area contributed by atoms with E-state index >= 15 is 0 Å². The molecule has 0 saturated heterocycles. The van der Waals surface area contributed by atoms with Crippen LogP contribution in [0.25, 0.3) is 0 Å². The summed E-state index contributed by atoms with van der Waals surface area (Å²) in [5, 5.41) is 13.3. The fourth-order valence-corrected chi connectivity index (χ4v) is 1.73. The van der Waals surface area contributed by atoms with Crippen LogP contribution < -0.4 is 0 Å². The molecule has 1 N–H and O–H groups in total. The van der Waals surface area contributed by atoms with Crippen molar-refractivity contribution in [2.24, 2.45) is 7.05 Å². The molecule has 102 valence electrons. The smallest absolute Gasteiger partial charge is 0.222 e. The molecule has 0 spiro atoms. The first-order chi connectivity index (χ1) is 8.41. The van der Waals surface area contributed by atoms with E-state index < -0.39 is 0 Å². The zero-order chi connectivity index (χ0) is 13.7. The van der Waals surface area contributed by atoms with E-state index in [-0.39, 0.29) is 12.0 Å². The third-order valence-corrected chi connectivity index (χ3v) is 3.25. The minimum absolute atomic E-state index is 0.110. The highest BCUT2D eigenvalue weighted by Gasteiger charge is 2.11. The molecular formula is C13H23N3O2. The first kappa shape index (κ1) is 14.7. The van der Waals surface area contributed by atoms with E-state index in [4.69, 9.17) is 0 Å². The van der Waals surface area contributed by atoms with Crippen LogP contribution in [0.4, 0.5) is 0 Å². The number of aliphatic hydroxyl groups excluding tert-OH is 1. The lowest BCUT2D eigenvalue weighted by Gasteiger charge is -2.17. The molecule has 1 aromatic heterocycles. The van der Waals surface area contributed by atoms with Gasteiger partial charge in [0.05, 0.1) is 12.3 Å². The Bertz CT molecular complexity index is 399. The number of hydrogen-bond acceptors (Lipinski definition) is 3. The van der Waals surface area contributed by atoms with Crippen LogP contribution in [-0.4, -0.2) is 45.4 Å². The Hall–Kier alpha value is -1.36. The van der Waals surface area contributed by atoms with Gasteiger partial charge in [-0.15, -0.1) is 0 Å². The van der Waals surface area contributed by atoms with Crippen molar-refractivity contribution in [2.45, 2.75) is 39.2 Å². The van der Waals surface area contributed by atoms with Crippen molar-refractivity contribution in [3.63, 3.8) is 0 Å². The molecule has 1 amide bonds. The van der Waals surface area contributed by atoms with Crippen LogP contribution in [0.3, 0.4) is 0 Å². The van der Waals surface area contributed by atoms with E-state index in [0.717, 1.165) is 17.7 Å². The Kier molecular flexibility index (Phi) is 5.34. The van der Waals surface area contributed by atoms with Crippen molar-refractivity contribution in [1.29, 1.82) is 0 Å². The van der Waals surface area contributed by atoms with E-state index in [2.05, 4.69) is 5.10 Å². The van der Waals surface area contributed by atoms with Crippen LogP contribution in [0, 0.1) is 6.92 Å². The Balaban J connectivity index is 2.39. The van der Waals surface area contributed by atoms with Crippen molar-refractivity contribution >= 4 is 5.91 Å². The van der Waals surface area contributed by atoms with Gasteiger partial charge in [0.15, 0.2) is 0 Å². The van der Waals surface area contributed by atoms with Gasteiger partial charge in [0.2, 0.25) is 5.91 Å². The number of aryl methyl sites for hydroxylation is 2. The zero-order valence-corrected chi connectivity index (χ0v) is 11.7. The average molecular weight is 253 g/mol. The molecule has 18 heavy (non-hydrogen) atoms. The number of hydrogen-bond donors (Lipinski definition) is 1. The van der Waals surface area contributed by atoms with E-state index in [0.29, 0.717) is 19.4 Å². The van der Waals surface area contributed by atoms with Crippen LogP contribution in [0.15, 0.2) is 6.20 Å². The second-order valence-corrected chi connectivity index (χ2v) is 4.83. The number of aromatic nitrogens is 2. The molecule has 1 unspecified atom stereocenters. The number of carbonyl (C=O) groups is 1. The zero-order valence-electron chi connectivity index (χ0n) is 11.7. The fourth-order valence-electron chi connectivity index (χ4n) is 1.73. The third kappa shape index (κ3) is 4.14. The van der Waals surface area contributed by atoms with Gasteiger partial charge >= 0.3 is 0 Å². The second kappa shape index (κ2) is 6.54. The summed E-state index contributed by atoms with van der Waals surface area (Å²) in [6, 6.07) is 0. The summed E-state index contributed by atoms with van der Waals surface area (Å²) in [4.78, 5) is 13.5. The van der Waals surface area contributed by atoms with Crippen molar-refractivity contribution in [3.05, 3.63) is 17.5 Å². The molecule has 1 rings (SSSR count). The molecule has 0 aliphatic rings. The molecule has 1 heterocycles. The van der Waals surface area contributed by atoms with Gasteiger partial charge in [-0.2, -0.15) is 5.10 Å². The summed E-state index contributed by atoms with van der Waals surface area (Å²) in [5.74, 6) is 0.110. The van der Waals surface area contributed by atoms with Crippen LogP contribution >= 0.6 is 0 Å². The highest BCUT2D eigenvalue weighted by Crippen LogP contribution is 2.09. The lowest BCUT2D eigenvalue weighted by Crippen LogP contribution is -2.29. The van der Waals surface area contributed by atoms with Crippen molar-refractivity contribution in [3.8, 4) is 0 Å². The van der Waals surface area contributed by atoms with Gasteiger partial charge in [0, 0.05) is 32.8 Å². The Morgan fingerprint density at radius 2 is 2.28 bits per heavy atom. The molecule has 1 atom stereocenters. The summed E-state index contributed by atoms with van der Waals surface area (Å²) in [6.45, 7) is 4.34. The van der Waals surface area contributed by atoms with Crippen molar-refractivity contribution in [2.75, 3.05) is 13.6 Å². The lowest BCUT2D eigenvalue weighted by molar-refractivity contribution is -0.130. The molecule has 0 aliphatic heterocycles. The minimum atomic E-state index is -0.360. The summed E-state index contributed by atoms with van der Waals surface area (Å²) in [5.41, 5.74) is 2.23. The van der Waals surface area contributed by atoms with E-state index in [9.17, 15) is 9.90 Å². The number of aliphatic hydroxyl groups is 1. The molecule has 5 heteroatoms. The van der Waals surface area contributed by atoms with Crippen LogP contribution in [0.2, 0.25) is 0 Å². The van der Waals surface area contributed by atoms with Crippen molar-refractivity contribution in [1.82, 2.24) is 14.7 Å². The number of rotatable bonds is 6. The Morgan fingerprint density at radius 3 is 2.78 bits per heavy atom. The molecule has 1 aromatic rings. The fraction of sp³-hybridized carbons (Fsp3) is 0.692. The maximum Gasteiger partial charge on any atom is 0.222 e. The van der Waals surface area contributed by atoms with Crippen LogP contribution in [0.1, 0.15) is 31.0 Å². The molecule has 0 saturated carbocycles. The third-order valence-electron chi connectivity index (χ3n) is 3.25. The van der Waals surface area contributed by atoms with Crippen LogP contribution in [-0.2, 0) is 18.3 Å². The van der Waals surface area contributed by atoms with Gasteiger partial charge in [-0.25, -0.2) is 0 Å². The standard InChI is InChI=1S/C13H23N3O2/c1-10(17)7-8-15(3)13(18)6-5-12-9-14-16(4)11(12)2/h9-10,17H,5-8H2,1-4H3. The molecular weight excluding hydrogens is 230 g/mol. The number of carbonyl (C=O) groups excluding carboxylic acids is 1. The quantitative estimate of drug-likeness (QED) is 0.819. The van der Waals surface area contributed by atoms with Crippen molar-refractivity contribution < 1.29 is 9.90 Å². The van der Waals surface area contributed by atoms with E-state index in [1.165, 1.54) is 0 Å². The highest BCUT2D eigenvalue weighted by atomic mass is 16.3. The SMILES string of the molecule is Cc1c(CCC(=O)N(C)CCC(C)O)cnn1C. The number of nitrogens with zero attached hydrogens (tertiary/aromatic N) is 3. The summed E-state index contributed by atoms with van der Waals surface area (Å²) in [7, 11) is 3.68. The number of amides is 1. The highest BCUT2D eigenvalue weighted by molar-refractivity contribution is 5.76. The second-order valence-electron chi connectivity index (χ2n) is 4.83. The normalized spacial score (nSPS) is 12.5. The first-order valence-electron chi connectivity index (χ1n) is 6.31. The predicted molar refractivity (Wildman–Crippen MR) is 70.2 cm³/mol. The van der Waals surface area contributed by atoms with Crippen LogP contribution in [0.5, 0.6) is 0 Å². The maximum absolute atomic E-state index is 11.9. The first-order valence-corrected chi connectivity index (χ1v) is 6.31. The predicted octanol–water partition coefficient (Wildman–Crippen LogP) is 0.890. The van der Waals surface area contributed by atoms with Gasteiger partial charge in [0.1, 0.15) is 0 Å². The van der Waals surface area contributed by atoms with Gasteiger partial charge in [0.25, 0.3) is 0 Å². The summed E-state index contributed by atoms with van der Waals surface area (Å²) < 4.78 is 1.82. The van der Waals surface area contributed by atoms with E-state index in [1.54, 1.807) is 18.9 Å². The summed E-state index contributed by atoms with van der Waals surface area (Å²) >= 11 is 0. The monoisotopic (exact) mass is 253 g/mol. The van der Waals surface area contributed by atoms with Gasteiger partial charge in [-0.1, -0.05) is 0 Å². The van der Waals surface area contributed by atoms with Gasteiger partial charge in [-0.05, 0) is 32.3 Å². The topological polar surface area (TPSA) is 58.4 Å². The van der Waals surface area contributed by atoms with Gasteiger partial charge < -0.3 is 10.0 Å². The minimum Gasteiger partial charge on any atom is -0.393 e. The Morgan fingerprint density at radius 1 is 1.61 bits per heavy atom. The molecule has 0 fully saturated rings. The molecule has 0 aromatic carbocycles. The lowest BCUT2D eigenvalue weighted by atomic mass is 10.1. The van der Waals surface area contributed by atoms with E-state index in [1.807, 2.05) is 24.9 Å².